The molecule has 0 spiro atoms. The third-order valence-corrected chi connectivity index (χ3v) is 6.35. The lowest BCUT2D eigenvalue weighted by atomic mass is 9.88. The van der Waals surface area contributed by atoms with Crippen LogP contribution in [0.1, 0.15) is 32.5 Å². The fourth-order valence-corrected chi connectivity index (χ4v) is 4.93. The van der Waals surface area contributed by atoms with Gasteiger partial charge in [0.15, 0.2) is 0 Å². The Kier molecular flexibility index (Phi) is 5.65. The van der Waals surface area contributed by atoms with Crippen molar-refractivity contribution in [1.29, 1.82) is 0 Å². The molecule has 31 heavy (non-hydrogen) atoms. The van der Waals surface area contributed by atoms with E-state index in [1.165, 1.54) is 11.3 Å². The summed E-state index contributed by atoms with van der Waals surface area (Å²) in [5.41, 5.74) is 2.62. The number of hydrogen-bond donors (Lipinski definition) is 2. The summed E-state index contributed by atoms with van der Waals surface area (Å²) in [5, 5.41) is 12.8. The number of carboxylic acids is 1. The molecule has 0 saturated carbocycles. The van der Waals surface area contributed by atoms with Crippen molar-refractivity contribution in [3.05, 3.63) is 63.8 Å². The molecule has 156 valence electrons. The summed E-state index contributed by atoms with van der Waals surface area (Å²) in [4.78, 5) is 25.7. The topological polar surface area (TPSA) is 84.9 Å². The van der Waals surface area contributed by atoms with E-state index in [4.69, 9.17) is 15.9 Å². The van der Waals surface area contributed by atoms with E-state index in [2.05, 4.69) is 11.2 Å². The normalized spacial score (nSPS) is 14.8. The SMILES string of the molecule is C#CCOc1cccc([C@H]2CC(=O)Nc3c2sc(C(=O)O)c3-c2ccc(OC)cc2)c1. The Morgan fingerprint density at radius 1 is 1.26 bits per heavy atom. The van der Waals surface area contributed by atoms with E-state index in [9.17, 15) is 14.7 Å². The Morgan fingerprint density at radius 3 is 2.71 bits per heavy atom. The zero-order valence-electron chi connectivity index (χ0n) is 16.7. The maximum absolute atomic E-state index is 12.6. The van der Waals surface area contributed by atoms with Gasteiger partial charge in [-0.25, -0.2) is 4.79 Å². The van der Waals surface area contributed by atoms with Crippen LogP contribution in [-0.2, 0) is 4.79 Å². The fourth-order valence-electron chi connectivity index (χ4n) is 3.69. The maximum Gasteiger partial charge on any atom is 0.346 e. The Labute approximate surface area is 183 Å². The third kappa shape index (κ3) is 3.98. The molecule has 1 aliphatic rings. The summed E-state index contributed by atoms with van der Waals surface area (Å²) in [6.45, 7) is 0.142. The number of nitrogens with one attached hydrogen (secondary N) is 1. The van der Waals surface area contributed by atoms with Crippen LogP contribution in [0.4, 0.5) is 5.69 Å². The number of benzene rings is 2. The minimum Gasteiger partial charge on any atom is -0.497 e. The zero-order chi connectivity index (χ0) is 22.0. The van der Waals surface area contributed by atoms with Crippen molar-refractivity contribution < 1.29 is 24.2 Å². The molecule has 2 N–H and O–H groups in total. The van der Waals surface area contributed by atoms with Crippen LogP contribution in [0, 0.1) is 12.3 Å². The number of aromatic carboxylic acids is 1. The Bertz CT molecular complexity index is 1190. The second-order valence-corrected chi connectivity index (χ2v) is 8.00. The minimum atomic E-state index is -1.04. The summed E-state index contributed by atoms with van der Waals surface area (Å²) in [6, 6.07) is 14.5. The number of carboxylic acid groups (broad SMARTS) is 1. The fraction of sp³-hybridized carbons (Fsp3) is 0.167. The monoisotopic (exact) mass is 433 g/mol. The molecular formula is C24H19NO5S. The highest BCUT2D eigenvalue weighted by atomic mass is 32.1. The summed E-state index contributed by atoms with van der Waals surface area (Å²) in [6.07, 6.45) is 5.49. The molecule has 2 aromatic carbocycles. The van der Waals surface area contributed by atoms with Crippen LogP contribution in [0.5, 0.6) is 11.5 Å². The predicted molar refractivity (Wildman–Crippen MR) is 119 cm³/mol. The van der Waals surface area contributed by atoms with Crippen molar-refractivity contribution in [3.63, 3.8) is 0 Å². The van der Waals surface area contributed by atoms with E-state index < -0.39 is 5.97 Å². The first kappa shape index (κ1) is 20.5. The van der Waals surface area contributed by atoms with Crippen LogP contribution >= 0.6 is 11.3 Å². The molecule has 0 saturated heterocycles. The second-order valence-electron chi connectivity index (χ2n) is 6.95. The molecule has 1 aromatic heterocycles. The van der Waals surface area contributed by atoms with Crippen LogP contribution < -0.4 is 14.8 Å². The smallest absolute Gasteiger partial charge is 0.346 e. The maximum atomic E-state index is 12.6. The number of rotatable bonds is 6. The van der Waals surface area contributed by atoms with Gasteiger partial charge in [-0.05, 0) is 35.4 Å². The first-order valence-electron chi connectivity index (χ1n) is 9.52. The van der Waals surface area contributed by atoms with E-state index in [0.717, 1.165) is 10.4 Å². The quantitative estimate of drug-likeness (QED) is 0.555. The Balaban J connectivity index is 1.84. The lowest BCUT2D eigenvalue weighted by molar-refractivity contribution is -0.116. The van der Waals surface area contributed by atoms with Gasteiger partial charge >= 0.3 is 5.97 Å². The Hall–Kier alpha value is -3.76. The first-order chi connectivity index (χ1) is 15.0. The van der Waals surface area contributed by atoms with Crippen molar-refractivity contribution in [2.75, 3.05) is 19.0 Å². The van der Waals surface area contributed by atoms with Crippen LogP contribution in [0.3, 0.4) is 0 Å². The number of hydrogen-bond acceptors (Lipinski definition) is 5. The van der Waals surface area contributed by atoms with Crippen LogP contribution in [0.25, 0.3) is 11.1 Å². The van der Waals surface area contributed by atoms with Gasteiger partial charge in [-0.3, -0.25) is 4.79 Å². The molecule has 0 radical (unpaired) electrons. The highest BCUT2D eigenvalue weighted by Crippen LogP contribution is 2.49. The molecule has 3 aromatic rings. The minimum absolute atomic E-state index is 0.142. The largest absolute Gasteiger partial charge is 0.497 e. The number of anilines is 1. The molecule has 0 unspecified atom stereocenters. The average molecular weight is 433 g/mol. The molecule has 0 bridgehead atoms. The molecule has 2 heterocycles. The van der Waals surface area contributed by atoms with Gasteiger partial charge in [0.25, 0.3) is 0 Å². The van der Waals surface area contributed by atoms with Crippen molar-refractivity contribution >= 4 is 28.9 Å². The van der Waals surface area contributed by atoms with Gasteiger partial charge in [0.05, 0.1) is 12.8 Å². The van der Waals surface area contributed by atoms with Crippen LogP contribution in [0.15, 0.2) is 48.5 Å². The zero-order valence-corrected chi connectivity index (χ0v) is 17.5. The van der Waals surface area contributed by atoms with Crippen molar-refractivity contribution in [2.24, 2.45) is 0 Å². The molecule has 4 rings (SSSR count). The molecular weight excluding hydrogens is 414 g/mol. The number of terminal acetylenes is 1. The molecule has 1 aliphatic heterocycles. The highest BCUT2D eigenvalue weighted by molar-refractivity contribution is 7.15. The van der Waals surface area contributed by atoms with Crippen molar-refractivity contribution in [3.8, 4) is 35.0 Å². The number of thiophene rings is 1. The van der Waals surface area contributed by atoms with E-state index in [1.807, 2.05) is 18.2 Å². The number of ether oxygens (including phenoxy) is 2. The Morgan fingerprint density at radius 2 is 2.03 bits per heavy atom. The predicted octanol–water partition coefficient (Wildman–Crippen LogP) is 4.61. The summed E-state index contributed by atoms with van der Waals surface area (Å²) < 4.78 is 10.7. The van der Waals surface area contributed by atoms with E-state index in [-0.39, 0.29) is 29.7 Å². The number of carbonyl (C=O) groups excluding carboxylic acids is 1. The number of methoxy groups -OCH3 is 1. The van der Waals surface area contributed by atoms with Gasteiger partial charge in [0.1, 0.15) is 23.0 Å². The lowest BCUT2D eigenvalue weighted by Crippen LogP contribution is -2.22. The molecule has 0 aliphatic carbocycles. The first-order valence-corrected chi connectivity index (χ1v) is 10.3. The highest BCUT2D eigenvalue weighted by Gasteiger charge is 2.34. The third-order valence-electron chi connectivity index (χ3n) is 5.06. The average Bonchev–Trinajstić information content (AvgIpc) is 3.17. The lowest BCUT2D eigenvalue weighted by Gasteiger charge is -2.24. The van der Waals surface area contributed by atoms with Crippen LogP contribution in [-0.4, -0.2) is 30.7 Å². The number of carbonyl (C=O) groups is 2. The van der Waals surface area contributed by atoms with E-state index >= 15 is 0 Å². The summed E-state index contributed by atoms with van der Waals surface area (Å²) >= 11 is 1.18. The molecule has 1 atom stereocenters. The van der Waals surface area contributed by atoms with Gasteiger partial charge in [-0.1, -0.05) is 30.2 Å². The number of amides is 1. The molecule has 0 fully saturated rings. The van der Waals surface area contributed by atoms with Crippen LogP contribution in [0.2, 0.25) is 0 Å². The van der Waals surface area contributed by atoms with Gasteiger partial charge in [0.2, 0.25) is 5.91 Å². The standard InChI is InChI=1S/C24H19NO5S/c1-3-11-30-17-6-4-5-15(12-17)18-13-19(26)25-21-20(23(24(27)28)31-22(18)21)14-7-9-16(29-2)10-8-14/h1,4-10,12,18H,11,13H2,2H3,(H,25,26)(H,27,28)/t18-/m1/s1. The van der Waals surface area contributed by atoms with Gasteiger partial charge in [0, 0.05) is 22.8 Å². The van der Waals surface area contributed by atoms with E-state index in [0.29, 0.717) is 28.3 Å². The second kappa shape index (κ2) is 8.54. The van der Waals surface area contributed by atoms with Crippen molar-refractivity contribution in [2.45, 2.75) is 12.3 Å². The van der Waals surface area contributed by atoms with Gasteiger partial charge in [-0.2, -0.15) is 0 Å². The summed E-state index contributed by atoms with van der Waals surface area (Å²) in [7, 11) is 1.57. The van der Waals surface area contributed by atoms with Crippen molar-refractivity contribution in [1.82, 2.24) is 0 Å². The molecule has 1 amide bonds. The molecule has 7 heteroatoms. The van der Waals surface area contributed by atoms with Gasteiger partial charge < -0.3 is 19.9 Å². The van der Waals surface area contributed by atoms with E-state index in [1.54, 1.807) is 37.4 Å². The van der Waals surface area contributed by atoms with Gasteiger partial charge in [-0.15, -0.1) is 17.8 Å². The molecule has 6 nitrogen and oxygen atoms in total. The summed E-state index contributed by atoms with van der Waals surface area (Å²) in [5.74, 6) is 2.21. The number of fused-ring (bicyclic) bond motifs is 1.